The number of anilines is 1. The van der Waals surface area contributed by atoms with E-state index >= 15 is 0 Å². The van der Waals surface area contributed by atoms with E-state index in [2.05, 4.69) is 47.3 Å². The molecule has 0 atom stereocenters. The van der Waals surface area contributed by atoms with E-state index in [0.717, 1.165) is 20.8 Å². The Morgan fingerprint density at radius 3 is 3.11 bits per heavy atom. The monoisotopic (exact) mass is 341 g/mol. The number of thiophene rings is 1. The number of thioether (sulfide) groups is 1. The maximum atomic E-state index is 5.66. The quantitative estimate of drug-likeness (QED) is 0.565. The summed E-state index contributed by atoms with van der Waals surface area (Å²) in [5.41, 5.74) is 7.11. The van der Waals surface area contributed by atoms with Crippen LogP contribution in [-0.4, -0.2) is 19.9 Å². The number of hydrogen-bond donors (Lipinski definition) is 2. The van der Waals surface area contributed by atoms with Gasteiger partial charge in [0, 0.05) is 20.5 Å². The third-order valence-electron chi connectivity index (χ3n) is 2.24. The van der Waals surface area contributed by atoms with Crippen molar-refractivity contribution in [2.75, 3.05) is 5.73 Å². The van der Waals surface area contributed by atoms with Gasteiger partial charge in [0.15, 0.2) is 5.65 Å². The Kier molecular flexibility index (Phi) is 3.23. The third-order valence-corrected chi connectivity index (χ3v) is 5.15. The molecule has 0 fully saturated rings. The van der Waals surface area contributed by atoms with Gasteiger partial charge in [0.25, 0.3) is 0 Å². The van der Waals surface area contributed by atoms with Crippen molar-refractivity contribution in [2.24, 2.45) is 0 Å². The molecule has 3 N–H and O–H groups in total. The summed E-state index contributed by atoms with van der Waals surface area (Å²) < 4.78 is 1.11. The lowest BCUT2D eigenvalue weighted by atomic mass is 10.5. The van der Waals surface area contributed by atoms with Crippen molar-refractivity contribution in [2.45, 2.75) is 10.8 Å². The van der Waals surface area contributed by atoms with Crippen molar-refractivity contribution < 1.29 is 0 Å². The number of nitrogens with two attached hydrogens (primary N) is 1. The Morgan fingerprint density at radius 2 is 2.33 bits per heavy atom. The average Bonchev–Trinajstić information content (AvgIpc) is 2.94. The Balaban J connectivity index is 1.87. The number of hydrogen-bond acceptors (Lipinski definition) is 6. The first-order valence-corrected chi connectivity index (χ1v) is 7.70. The van der Waals surface area contributed by atoms with Crippen LogP contribution in [0.2, 0.25) is 0 Å². The minimum absolute atomic E-state index is 0.254. The van der Waals surface area contributed by atoms with Crippen LogP contribution in [0.1, 0.15) is 4.88 Å². The van der Waals surface area contributed by atoms with E-state index in [-0.39, 0.29) is 5.95 Å². The second kappa shape index (κ2) is 4.87. The summed E-state index contributed by atoms with van der Waals surface area (Å²) in [5.74, 6) is 1.10. The van der Waals surface area contributed by atoms with Crippen molar-refractivity contribution in [1.29, 1.82) is 0 Å². The van der Waals surface area contributed by atoms with Crippen molar-refractivity contribution >= 4 is 56.1 Å². The first kappa shape index (κ1) is 11.9. The van der Waals surface area contributed by atoms with Gasteiger partial charge >= 0.3 is 0 Å². The fourth-order valence-electron chi connectivity index (χ4n) is 1.50. The molecule has 3 aromatic heterocycles. The topological polar surface area (TPSA) is 80.5 Å². The molecule has 8 heteroatoms. The number of nitrogens with zero attached hydrogens (tertiary/aromatic N) is 3. The number of nitrogens with one attached hydrogen (secondary N) is 1. The van der Waals surface area contributed by atoms with E-state index in [1.165, 1.54) is 4.88 Å². The number of aromatic amines is 1. The maximum Gasteiger partial charge on any atom is 0.223 e. The van der Waals surface area contributed by atoms with E-state index in [9.17, 15) is 0 Å². The second-order valence-electron chi connectivity index (χ2n) is 3.51. The first-order chi connectivity index (χ1) is 8.72. The molecule has 3 rings (SSSR count). The van der Waals surface area contributed by atoms with E-state index in [1.807, 2.05) is 0 Å². The fraction of sp³-hybridized carbons (Fsp3) is 0.100. The molecule has 0 aromatic carbocycles. The highest BCUT2D eigenvalue weighted by Crippen LogP contribution is 2.30. The van der Waals surface area contributed by atoms with Crippen molar-refractivity contribution in [3.8, 4) is 0 Å². The third kappa shape index (κ3) is 2.36. The lowest BCUT2D eigenvalue weighted by Gasteiger charge is -2.01. The van der Waals surface area contributed by atoms with Gasteiger partial charge in [-0.2, -0.15) is 4.98 Å². The van der Waals surface area contributed by atoms with Crippen LogP contribution >= 0.6 is 39.0 Å². The molecule has 0 aliphatic heterocycles. The molecule has 3 heterocycles. The predicted octanol–water partition coefficient (Wildman–Crippen LogP) is 3.05. The van der Waals surface area contributed by atoms with Gasteiger partial charge in [-0.3, -0.25) is 0 Å². The van der Waals surface area contributed by atoms with Gasteiger partial charge in [0.05, 0.1) is 6.33 Å². The van der Waals surface area contributed by atoms with E-state index in [4.69, 9.17) is 5.73 Å². The summed E-state index contributed by atoms with van der Waals surface area (Å²) in [6, 6.07) is 2.10. The van der Waals surface area contributed by atoms with Gasteiger partial charge in [-0.15, -0.1) is 11.3 Å². The Morgan fingerprint density at radius 1 is 1.44 bits per heavy atom. The molecular weight excluding hydrogens is 334 g/mol. The number of imidazole rings is 1. The molecule has 0 bridgehead atoms. The smallest absolute Gasteiger partial charge is 0.223 e. The highest BCUT2D eigenvalue weighted by atomic mass is 79.9. The number of fused-ring (bicyclic) bond motifs is 1. The molecule has 5 nitrogen and oxygen atoms in total. The zero-order valence-electron chi connectivity index (χ0n) is 9.05. The molecule has 0 saturated heterocycles. The predicted molar refractivity (Wildman–Crippen MR) is 77.7 cm³/mol. The average molecular weight is 342 g/mol. The standard InChI is InChI=1S/C10H8BrN5S2/c11-5-1-6(17-2-5)3-18-9-7-8(14-4-13-7)15-10(12)16-9/h1-2,4H,3H2,(H3,12,13,14,15,16). The molecule has 92 valence electrons. The van der Waals surface area contributed by atoms with Crippen LogP contribution in [0.4, 0.5) is 5.95 Å². The van der Waals surface area contributed by atoms with Gasteiger partial charge in [0.2, 0.25) is 5.95 Å². The molecule has 0 aliphatic rings. The van der Waals surface area contributed by atoms with Gasteiger partial charge in [-0.25, -0.2) is 9.97 Å². The summed E-state index contributed by atoms with van der Waals surface area (Å²) >= 11 is 6.78. The summed E-state index contributed by atoms with van der Waals surface area (Å²) in [6.07, 6.45) is 1.60. The van der Waals surface area contributed by atoms with Crippen LogP contribution in [0.15, 0.2) is 27.3 Å². The van der Waals surface area contributed by atoms with Gasteiger partial charge in [0.1, 0.15) is 10.5 Å². The van der Waals surface area contributed by atoms with Crippen LogP contribution < -0.4 is 5.73 Å². The minimum Gasteiger partial charge on any atom is -0.368 e. The van der Waals surface area contributed by atoms with Crippen molar-refractivity contribution in [3.63, 3.8) is 0 Å². The van der Waals surface area contributed by atoms with Gasteiger partial charge in [-0.1, -0.05) is 11.8 Å². The summed E-state index contributed by atoms with van der Waals surface area (Å²) in [4.78, 5) is 16.7. The summed E-state index contributed by atoms with van der Waals surface area (Å²) in [5, 5.41) is 2.90. The van der Waals surface area contributed by atoms with Crippen LogP contribution in [0.3, 0.4) is 0 Å². The fourth-order valence-corrected chi connectivity index (χ4v) is 4.00. The highest BCUT2D eigenvalue weighted by Gasteiger charge is 2.09. The Bertz CT molecular complexity index is 692. The zero-order chi connectivity index (χ0) is 12.5. The molecule has 0 unspecified atom stereocenters. The minimum atomic E-state index is 0.254. The van der Waals surface area contributed by atoms with Crippen LogP contribution in [0.25, 0.3) is 11.2 Å². The number of nitrogen functional groups attached to an aromatic ring is 1. The maximum absolute atomic E-state index is 5.66. The Hall–Kier alpha value is -1.12. The molecule has 0 radical (unpaired) electrons. The molecule has 18 heavy (non-hydrogen) atoms. The molecule has 0 amide bonds. The highest BCUT2D eigenvalue weighted by molar-refractivity contribution is 9.10. The largest absolute Gasteiger partial charge is 0.368 e. The summed E-state index contributed by atoms with van der Waals surface area (Å²) in [7, 11) is 0. The van der Waals surface area contributed by atoms with Crippen molar-refractivity contribution in [1.82, 2.24) is 19.9 Å². The van der Waals surface area contributed by atoms with Crippen molar-refractivity contribution in [3.05, 3.63) is 27.1 Å². The summed E-state index contributed by atoms with van der Waals surface area (Å²) in [6.45, 7) is 0. The van der Waals surface area contributed by atoms with Gasteiger partial charge < -0.3 is 10.7 Å². The number of aromatic nitrogens is 4. The normalized spacial score (nSPS) is 11.2. The SMILES string of the molecule is Nc1nc(SCc2cc(Br)cs2)c2[nH]cnc2n1. The van der Waals surface area contributed by atoms with Crippen LogP contribution in [0.5, 0.6) is 0 Å². The number of halogens is 1. The van der Waals surface area contributed by atoms with E-state index < -0.39 is 0 Å². The zero-order valence-corrected chi connectivity index (χ0v) is 12.3. The number of rotatable bonds is 3. The molecule has 3 aromatic rings. The molecule has 0 aliphatic carbocycles. The lowest BCUT2D eigenvalue weighted by Crippen LogP contribution is -1.97. The first-order valence-electron chi connectivity index (χ1n) is 5.04. The second-order valence-corrected chi connectivity index (χ2v) is 6.38. The molecular formula is C10H8BrN5S2. The molecule has 0 spiro atoms. The number of H-pyrrole nitrogens is 1. The van der Waals surface area contributed by atoms with E-state index in [0.29, 0.717) is 5.65 Å². The van der Waals surface area contributed by atoms with Gasteiger partial charge in [-0.05, 0) is 22.0 Å². The van der Waals surface area contributed by atoms with E-state index in [1.54, 1.807) is 29.4 Å². The van der Waals surface area contributed by atoms with Crippen LogP contribution in [0, 0.1) is 0 Å². The molecule has 0 saturated carbocycles. The lowest BCUT2D eigenvalue weighted by molar-refractivity contribution is 1.10. The van der Waals surface area contributed by atoms with Crippen LogP contribution in [-0.2, 0) is 5.75 Å². The Labute approximate surface area is 119 Å².